The fourth-order valence-corrected chi connectivity index (χ4v) is 7.81. The maximum atomic E-state index is 13.7. The zero-order chi connectivity index (χ0) is 30.6. The van der Waals surface area contributed by atoms with Crippen LogP contribution < -0.4 is 14.4 Å². The Morgan fingerprint density at radius 2 is 1.58 bits per heavy atom. The van der Waals surface area contributed by atoms with E-state index in [-0.39, 0.29) is 22.9 Å². The van der Waals surface area contributed by atoms with Crippen molar-refractivity contribution in [2.24, 2.45) is 0 Å². The number of carbonyl (C=O) groups is 1. The predicted octanol–water partition coefficient (Wildman–Crippen LogP) is 5.32. The highest BCUT2D eigenvalue weighted by molar-refractivity contribution is 7.92. The molecule has 1 aliphatic heterocycles. The maximum Gasteiger partial charge on any atom is 0.264 e. The maximum absolute atomic E-state index is 13.7. The van der Waals surface area contributed by atoms with Gasteiger partial charge in [0.25, 0.3) is 10.0 Å². The molecule has 1 N–H and O–H groups in total. The molecule has 1 aliphatic rings. The molecule has 0 saturated carbocycles. The van der Waals surface area contributed by atoms with Crippen LogP contribution in [0.25, 0.3) is 0 Å². The lowest BCUT2D eigenvalue weighted by molar-refractivity contribution is -0.116. The summed E-state index contributed by atoms with van der Waals surface area (Å²) in [6, 6.07) is 26.0. The Hall–Kier alpha value is -3.90. The van der Waals surface area contributed by atoms with E-state index in [0.717, 1.165) is 9.87 Å². The number of amides is 1. The number of anilines is 2. The van der Waals surface area contributed by atoms with Crippen LogP contribution in [0.3, 0.4) is 0 Å². The van der Waals surface area contributed by atoms with E-state index in [1.54, 1.807) is 54.6 Å². The van der Waals surface area contributed by atoms with Crippen molar-refractivity contribution in [3.63, 3.8) is 0 Å². The largest absolute Gasteiger partial charge is 0.494 e. The minimum atomic E-state index is -4.07. The van der Waals surface area contributed by atoms with Crippen LogP contribution in [0, 0.1) is 0 Å². The van der Waals surface area contributed by atoms with Crippen LogP contribution in [0.15, 0.2) is 107 Å². The van der Waals surface area contributed by atoms with Gasteiger partial charge in [-0.05, 0) is 85.1 Å². The molecule has 1 amide bonds. The number of halogens is 1. The van der Waals surface area contributed by atoms with Gasteiger partial charge >= 0.3 is 0 Å². The lowest BCUT2D eigenvalue weighted by atomic mass is 10.1. The topological polar surface area (TPSA) is 113 Å². The summed E-state index contributed by atoms with van der Waals surface area (Å²) < 4.78 is 62.0. The predicted molar refractivity (Wildman–Crippen MR) is 166 cm³/mol. The normalized spacial score (nSPS) is 13.1. The van der Waals surface area contributed by atoms with Gasteiger partial charge in [0.15, 0.2) is 0 Å². The van der Waals surface area contributed by atoms with Gasteiger partial charge in [0, 0.05) is 23.8 Å². The molecule has 9 nitrogen and oxygen atoms in total. The first-order valence-corrected chi connectivity index (χ1v) is 16.8. The second kappa shape index (κ2) is 12.8. The Labute approximate surface area is 256 Å². The molecule has 4 aromatic rings. The number of nitrogens with zero attached hydrogens (tertiary/aromatic N) is 2. The number of rotatable bonds is 11. The molecule has 0 atom stereocenters. The fourth-order valence-electron chi connectivity index (χ4n) is 4.81. The molecule has 12 heteroatoms. The second-order valence-corrected chi connectivity index (χ2v) is 14.1. The number of sulfonamides is 2. The summed E-state index contributed by atoms with van der Waals surface area (Å²) in [6.07, 6.45) is 0.515. The first-order chi connectivity index (χ1) is 20.6. The molecule has 5 rings (SSSR count). The number of hydrogen-bond donors (Lipinski definition) is 1. The first-order valence-electron chi connectivity index (χ1n) is 13.6. The van der Waals surface area contributed by atoms with Gasteiger partial charge in [0.1, 0.15) is 5.75 Å². The van der Waals surface area contributed by atoms with Gasteiger partial charge in [-0.2, -0.15) is 4.31 Å². The third-order valence-electron chi connectivity index (χ3n) is 6.92. The summed E-state index contributed by atoms with van der Waals surface area (Å²) in [4.78, 5) is 13.4. The third kappa shape index (κ3) is 6.86. The van der Waals surface area contributed by atoms with Gasteiger partial charge in [0.2, 0.25) is 15.9 Å². The smallest absolute Gasteiger partial charge is 0.264 e. The molecule has 0 radical (unpaired) electrons. The summed E-state index contributed by atoms with van der Waals surface area (Å²) in [7, 11) is -7.93. The van der Waals surface area contributed by atoms with Crippen molar-refractivity contribution in [1.82, 2.24) is 4.31 Å². The van der Waals surface area contributed by atoms with Crippen LogP contribution in [0.2, 0.25) is 5.02 Å². The van der Waals surface area contributed by atoms with E-state index in [4.69, 9.17) is 16.3 Å². The Kier molecular flexibility index (Phi) is 9.07. The summed E-state index contributed by atoms with van der Waals surface area (Å²) in [6.45, 7) is 2.04. The monoisotopic (exact) mass is 639 g/mol. The second-order valence-electron chi connectivity index (χ2n) is 9.84. The number of benzene rings is 4. The van der Waals surface area contributed by atoms with Crippen molar-refractivity contribution in [3.05, 3.63) is 113 Å². The van der Waals surface area contributed by atoms with Crippen molar-refractivity contribution in [1.29, 1.82) is 0 Å². The van der Waals surface area contributed by atoms with Crippen molar-refractivity contribution in [2.45, 2.75) is 29.7 Å². The zero-order valence-corrected chi connectivity index (χ0v) is 25.7. The van der Waals surface area contributed by atoms with Crippen molar-refractivity contribution in [2.75, 3.05) is 29.3 Å². The third-order valence-corrected chi connectivity index (χ3v) is 10.8. The Balaban J connectivity index is 1.37. The quantitative estimate of drug-likeness (QED) is 0.238. The van der Waals surface area contributed by atoms with Crippen molar-refractivity contribution in [3.8, 4) is 5.75 Å². The van der Waals surface area contributed by atoms with Gasteiger partial charge < -0.3 is 10.1 Å². The number of nitrogens with one attached hydrogen (secondary N) is 1. The minimum absolute atomic E-state index is 0.0267. The average molecular weight is 640 g/mol. The number of hydrogen-bond acceptors (Lipinski definition) is 6. The van der Waals surface area contributed by atoms with Crippen LogP contribution in [-0.2, 0) is 37.8 Å². The Bertz CT molecular complexity index is 1820. The van der Waals surface area contributed by atoms with Gasteiger partial charge in [0.05, 0.1) is 28.6 Å². The van der Waals surface area contributed by atoms with E-state index in [1.165, 1.54) is 40.7 Å². The van der Waals surface area contributed by atoms with E-state index >= 15 is 0 Å². The van der Waals surface area contributed by atoms with Crippen LogP contribution in [0.1, 0.15) is 18.1 Å². The molecule has 0 aromatic heterocycles. The molecule has 224 valence electrons. The van der Waals surface area contributed by atoms with Gasteiger partial charge in [-0.1, -0.05) is 48.0 Å². The molecule has 0 unspecified atom stereocenters. The van der Waals surface area contributed by atoms with E-state index < -0.39 is 32.5 Å². The van der Waals surface area contributed by atoms with Crippen molar-refractivity contribution < 1.29 is 26.4 Å². The molecular weight excluding hydrogens is 610 g/mol. The highest BCUT2D eigenvalue weighted by atomic mass is 35.5. The molecule has 0 bridgehead atoms. The standard InChI is InChI=1S/C31H30ClN3O6S2/c1-2-41-27-12-16-28(17-13-27)42(37,38)34(21-23-6-4-3-5-7-23)22-31(36)33-26-11-8-24-18-19-35(30(24)20-26)43(39,40)29-14-9-25(32)10-15-29/h3-17,20H,2,18-19,21-22H2,1H3,(H,33,36). The summed E-state index contributed by atoms with van der Waals surface area (Å²) >= 11 is 5.94. The lowest BCUT2D eigenvalue weighted by Crippen LogP contribution is -2.37. The van der Waals surface area contributed by atoms with E-state index in [0.29, 0.717) is 40.7 Å². The highest BCUT2D eigenvalue weighted by Crippen LogP contribution is 2.35. The zero-order valence-electron chi connectivity index (χ0n) is 23.3. The Morgan fingerprint density at radius 3 is 2.26 bits per heavy atom. The van der Waals surface area contributed by atoms with E-state index in [2.05, 4.69) is 5.32 Å². The molecule has 1 heterocycles. The highest BCUT2D eigenvalue weighted by Gasteiger charge is 2.32. The number of ether oxygens (including phenoxy) is 1. The summed E-state index contributed by atoms with van der Waals surface area (Å²) in [5.74, 6) is -0.0342. The van der Waals surface area contributed by atoms with E-state index in [1.807, 2.05) is 13.0 Å². The fraction of sp³-hybridized carbons (Fsp3) is 0.194. The SMILES string of the molecule is CCOc1ccc(S(=O)(=O)N(CC(=O)Nc2ccc3c(c2)N(S(=O)(=O)c2ccc(Cl)cc2)CC3)Cc2ccccc2)cc1. The molecule has 43 heavy (non-hydrogen) atoms. The van der Waals surface area contributed by atoms with Gasteiger partial charge in [-0.25, -0.2) is 16.8 Å². The average Bonchev–Trinajstić information content (AvgIpc) is 3.42. The van der Waals surface area contributed by atoms with Crippen molar-refractivity contribution >= 4 is 48.9 Å². The molecular formula is C31H30ClN3O6S2. The molecule has 0 fully saturated rings. The lowest BCUT2D eigenvalue weighted by Gasteiger charge is -2.23. The van der Waals surface area contributed by atoms with Crippen LogP contribution in [0.4, 0.5) is 11.4 Å². The van der Waals surface area contributed by atoms with Gasteiger partial charge in [-0.15, -0.1) is 0 Å². The molecule has 0 spiro atoms. The minimum Gasteiger partial charge on any atom is -0.494 e. The molecule has 0 saturated heterocycles. The van der Waals surface area contributed by atoms with Gasteiger partial charge in [-0.3, -0.25) is 9.10 Å². The summed E-state index contributed by atoms with van der Waals surface area (Å²) in [5.41, 5.74) is 2.33. The molecule has 0 aliphatic carbocycles. The van der Waals surface area contributed by atoms with Crippen LogP contribution in [0.5, 0.6) is 5.75 Å². The van der Waals surface area contributed by atoms with Crippen LogP contribution >= 0.6 is 11.6 Å². The van der Waals surface area contributed by atoms with E-state index in [9.17, 15) is 21.6 Å². The van der Waals surface area contributed by atoms with Crippen LogP contribution in [-0.4, -0.2) is 46.7 Å². The molecule has 4 aromatic carbocycles. The first kappa shape index (κ1) is 30.6. The Morgan fingerprint density at radius 1 is 0.907 bits per heavy atom. The number of fused-ring (bicyclic) bond motifs is 1. The number of carbonyl (C=O) groups excluding carboxylic acids is 1. The summed E-state index contributed by atoms with van der Waals surface area (Å²) in [5, 5.41) is 3.18.